The lowest BCUT2D eigenvalue weighted by Gasteiger charge is -1.97. The number of nitrogens with zero attached hydrogens (tertiary/aromatic N) is 2. The summed E-state index contributed by atoms with van der Waals surface area (Å²) in [5.41, 5.74) is 0.977. The number of rotatable bonds is 3. The molecule has 1 saturated carbocycles. The largest absolute Gasteiger partial charge is 0.337 e. The monoisotopic (exact) mass is 184 g/mol. The van der Waals surface area contributed by atoms with Crippen molar-refractivity contribution in [2.24, 2.45) is 11.8 Å². The fourth-order valence-corrected chi connectivity index (χ4v) is 1.64. The van der Waals surface area contributed by atoms with Crippen molar-refractivity contribution < 1.29 is 0 Å². The second-order valence-corrected chi connectivity index (χ2v) is 3.94. The molecule has 1 fully saturated rings. The Kier molecular flexibility index (Phi) is 2.09. The van der Waals surface area contributed by atoms with Crippen LogP contribution >= 0.6 is 11.6 Å². The predicted molar refractivity (Wildman–Crippen MR) is 49.1 cm³/mol. The van der Waals surface area contributed by atoms with Crippen molar-refractivity contribution >= 4 is 11.6 Å². The molecule has 0 aromatic carbocycles. The zero-order valence-corrected chi connectivity index (χ0v) is 7.96. The summed E-state index contributed by atoms with van der Waals surface area (Å²) in [6.07, 6.45) is 5.29. The molecule has 0 aliphatic heterocycles. The summed E-state index contributed by atoms with van der Waals surface area (Å²) in [6, 6.07) is 0. The van der Waals surface area contributed by atoms with Crippen LogP contribution < -0.4 is 0 Å². The van der Waals surface area contributed by atoms with Gasteiger partial charge in [0.2, 0.25) is 0 Å². The molecule has 1 aliphatic rings. The molecular weight excluding hydrogens is 172 g/mol. The Bertz CT molecular complexity index is 269. The van der Waals surface area contributed by atoms with Gasteiger partial charge in [0, 0.05) is 12.7 Å². The molecule has 2 unspecified atom stereocenters. The summed E-state index contributed by atoms with van der Waals surface area (Å²) in [4.78, 5) is 4.17. The number of alkyl halides is 1. The number of hydrogen-bond donors (Lipinski definition) is 0. The van der Waals surface area contributed by atoms with Crippen LogP contribution in [0.5, 0.6) is 0 Å². The molecule has 3 heteroatoms. The Hall–Kier alpha value is -0.500. The first-order valence-electron chi connectivity index (χ1n) is 4.36. The quantitative estimate of drug-likeness (QED) is 0.660. The fraction of sp³-hybridized carbons (Fsp3) is 0.667. The van der Waals surface area contributed by atoms with Gasteiger partial charge in [-0.2, -0.15) is 0 Å². The molecule has 1 aromatic rings. The third-order valence-corrected chi connectivity index (χ3v) is 2.82. The summed E-state index contributed by atoms with van der Waals surface area (Å²) < 4.78 is 2.14. The van der Waals surface area contributed by atoms with Gasteiger partial charge < -0.3 is 4.57 Å². The van der Waals surface area contributed by atoms with Crippen LogP contribution in [0, 0.1) is 11.8 Å². The number of hydrogen-bond acceptors (Lipinski definition) is 1. The summed E-state index contributed by atoms with van der Waals surface area (Å²) >= 11 is 5.65. The van der Waals surface area contributed by atoms with E-state index in [2.05, 4.69) is 16.5 Å². The van der Waals surface area contributed by atoms with Crippen molar-refractivity contribution in [2.75, 3.05) is 0 Å². The van der Waals surface area contributed by atoms with Crippen molar-refractivity contribution in [1.82, 2.24) is 9.55 Å². The lowest BCUT2D eigenvalue weighted by molar-refractivity contribution is 0.593. The summed E-state index contributed by atoms with van der Waals surface area (Å²) in [5, 5.41) is 0. The van der Waals surface area contributed by atoms with E-state index in [9.17, 15) is 0 Å². The van der Waals surface area contributed by atoms with Gasteiger partial charge in [-0.25, -0.2) is 4.98 Å². The Morgan fingerprint density at radius 3 is 3.00 bits per heavy atom. The van der Waals surface area contributed by atoms with Gasteiger partial charge in [0.05, 0.1) is 17.9 Å². The van der Waals surface area contributed by atoms with Crippen LogP contribution in [-0.4, -0.2) is 9.55 Å². The number of imidazole rings is 1. The van der Waals surface area contributed by atoms with Gasteiger partial charge in [0.15, 0.2) is 0 Å². The molecule has 2 rings (SSSR count). The van der Waals surface area contributed by atoms with Crippen LogP contribution in [0.25, 0.3) is 0 Å². The third-order valence-electron chi connectivity index (χ3n) is 2.55. The highest BCUT2D eigenvalue weighted by Gasteiger charge is 2.32. The van der Waals surface area contributed by atoms with Crippen molar-refractivity contribution in [2.45, 2.75) is 25.8 Å². The van der Waals surface area contributed by atoms with E-state index in [1.54, 1.807) is 0 Å². The van der Waals surface area contributed by atoms with E-state index in [1.807, 2.05) is 12.5 Å². The molecule has 2 nitrogen and oxygen atoms in total. The Labute approximate surface area is 77.6 Å². The minimum absolute atomic E-state index is 0.521. The molecule has 0 amide bonds. The molecule has 1 aromatic heterocycles. The Morgan fingerprint density at radius 1 is 1.75 bits per heavy atom. The van der Waals surface area contributed by atoms with Crippen molar-refractivity contribution in [3.63, 3.8) is 0 Å². The van der Waals surface area contributed by atoms with E-state index in [0.717, 1.165) is 24.1 Å². The van der Waals surface area contributed by atoms with Gasteiger partial charge in [0.1, 0.15) is 0 Å². The molecule has 0 spiro atoms. The maximum atomic E-state index is 5.65. The van der Waals surface area contributed by atoms with Gasteiger partial charge in [-0.1, -0.05) is 6.92 Å². The predicted octanol–water partition coefficient (Wildman–Crippen LogP) is 2.28. The van der Waals surface area contributed by atoms with E-state index < -0.39 is 0 Å². The topological polar surface area (TPSA) is 17.8 Å². The van der Waals surface area contributed by atoms with Crippen molar-refractivity contribution in [3.8, 4) is 0 Å². The second-order valence-electron chi connectivity index (χ2n) is 3.67. The average molecular weight is 185 g/mol. The van der Waals surface area contributed by atoms with Crippen LogP contribution in [0.15, 0.2) is 12.5 Å². The van der Waals surface area contributed by atoms with E-state index in [1.165, 1.54) is 6.42 Å². The van der Waals surface area contributed by atoms with E-state index >= 15 is 0 Å². The van der Waals surface area contributed by atoms with Gasteiger partial charge in [-0.05, 0) is 18.3 Å². The highest BCUT2D eigenvalue weighted by atomic mass is 35.5. The summed E-state index contributed by atoms with van der Waals surface area (Å²) in [5.74, 6) is 2.31. The molecule has 66 valence electrons. The van der Waals surface area contributed by atoms with Gasteiger partial charge in [-0.3, -0.25) is 0 Å². The first-order chi connectivity index (χ1) is 5.79. The molecule has 0 N–H and O–H groups in total. The smallest absolute Gasteiger partial charge is 0.0950 e. The SMILES string of the molecule is CC1CC1Cn1cnc(CCl)c1. The molecular formula is C9H13ClN2. The minimum Gasteiger partial charge on any atom is -0.337 e. The van der Waals surface area contributed by atoms with Crippen molar-refractivity contribution in [3.05, 3.63) is 18.2 Å². The Balaban J connectivity index is 1.95. The highest BCUT2D eigenvalue weighted by Crippen LogP contribution is 2.38. The van der Waals surface area contributed by atoms with Crippen LogP contribution in [0.3, 0.4) is 0 Å². The fourth-order valence-electron chi connectivity index (χ4n) is 1.50. The van der Waals surface area contributed by atoms with Gasteiger partial charge in [0.25, 0.3) is 0 Å². The molecule has 1 aliphatic carbocycles. The molecule has 0 radical (unpaired) electrons. The van der Waals surface area contributed by atoms with E-state index in [4.69, 9.17) is 11.6 Å². The molecule has 2 atom stereocenters. The standard InChI is InChI=1S/C9H13ClN2/c1-7-2-8(7)4-12-5-9(3-10)11-6-12/h5-8H,2-4H2,1H3. The van der Waals surface area contributed by atoms with E-state index in [-0.39, 0.29) is 0 Å². The van der Waals surface area contributed by atoms with Crippen LogP contribution in [0.1, 0.15) is 19.0 Å². The molecule has 12 heavy (non-hydrogen) atoms. The zero-order chi connectivity index (χ0) is 8.55. The number of aromatic nitrogens is 2. The van der Waals surface area contributed by atoms with Gasteiger partial charge in [-0.15, -0.1) is 11.6 Å². The maximum absolute atomic E-state index is 5.65. The average Bonchev–Trinajstić information content (AvgIpc) is 2.61. The van der Waals surface area contributed by atoms with Crippen LogP contribution in [0.2, 0.25) is 0 Å². The maximum Gasteiger partial charge on any atom is 0.0950 e. The first kappa shape index (κ1) is 8.11. The second kappa shape index (κ2) is 3.09. The van der Waals surface area contributed by atoms with Gasteiger partial charge >= 0.3 is 0 Å². The summed E-state index contributed by atoms with van der Waals surface area (Å²) in [6.45, 7) is 3.41. The van der Waals surface area contributed by atoms with Crippen LogP contribution in [0.4, 0.5) is 0 Å². The molecule has 0 saturated heterocycles. The third kappa shape index (κ3) is 1.63. The number of halogens is 1. The Morgan fingerprint density at radius 2 is 2.50 bits per heavy atom. The minimum atomic E-state index is 0.521. The normalized spacial score (nSPS) is 27.5. The van der Waals surface area contributed by atoms with E-state index in [0.29, 0.717) is 5.88 Å². The lowest BCUT2D eigenvalue weighted by Crippen LogP contribution is -1.96. The van der Waals surface area contributed by atoms with Crippen molar-refractivity contribution in [1.29, 1.82) is 0 Å². The lowest BCUT2D eigenvalue weighted by atomic mass is 10.3. The molecule has 1 heterocycles. The first-order valence-corrected chi connectivity index (χ1v) is 4.89. The summed E-state index contributed by atoms with van der Waals surface area (Å²) in [7, 11) is 0. The zero-order valence-electron chi connectivity index (χ0n) is 7.20. The van der Waals surface area contributed by atoms with Crippen LogP contribution in [-0.2, 0) is 12.4 Å². The molecule has 0 bridgehead atoms. The highest BCUT2D eigenvalue weighted by molar-refractivity contribution is 6.16.